The van der Waals surface area contributed by atoms with E-state index in [1.165, 1.54) is 38.9 Å². The van der Waals surface area contributed by atoms with Gasteiger partial charge in [-0.3, -0.25) is 0 Å². The van der Waals surface area contributed by atoms with Gasteiger partial charge in [-0.05, 0) is 56.5 Å². The van der Waals surface area contributed by atoms with E-state index in [1.54, 1.807) is 0 Å². The Morgan fingerprint density at radius 1 is 0.867 bits per heavy atom. The van der Waals surface area contributed by atoms with E-state index in [-0.39, 0.29) is 0 Å². The van der Waals surface area contributed by atoms with Crippen molar-refractivity contribution in [2.45, 2.75) is 47.0 Å². The summed E-state index contributed by atoms with van der Waals surface area (Å²) in [5, 5.41) is 0. The summed E-state index contributed by atoms with van der Waals surface area (Å²) in [6.07, 6.45) is 3.87. The van der Waals surface area contributed by atoms with Gasteiger partial charge in [0.05, 0.1) is 0 Å². The maximum atomic E-state index is 4.29. The fourth-order valence-electron chi connectivity index (χ4n) is 1.51. The van der Waals surface area contributed by atoms with Gasteiger partial charge < -0.3 is 4.90 Å². The molecule has 0 aromatic heterocycles. The molecule has 0 atom stereocenters. The van der Waals surface area contributed by atoms with Gasteiger partial charge in [-0.15, -0.1) is 0 Å². The Hall–Kier alpha value is 0.310. The summed E-state index contributed by atoms with van der Waals surface area (Å²) in [4.78, 5) is 2.61. The van der Waals surface area contributed by atoms with Crippen molar-refractivity contribution in [2.24, 2.45) is 11.8 Å². The molecule has 0 aliphatic rings. The normalized spacial score (nSPS) is 12.0. The molecule has 1 nitrogen and oxygen atoms in total. The lowest BCUT2D eigenvalue weighted by Crippen LogP contribution is -2.29. The molecule has 15 heavy (non-hydrogen) atoms. The van der Waals surface area contributed by atoms with Gasteiger partial charge in [0.1, 0.15) is 0 Å². The molecule has 0 heterocycles. The molecule has 0 rings (SSSR count). The standard InChI is InChI=1S/C13H29NS/c1-12(2)6-9-14(8-5-11-15)10-7-13(3)4/h12-13,15H,5-11H2,1-4H3. The minimum atomic E-state index is 0.822. The van der Waals surface area contributed by atoms with E-state index in [4.69, 9.17) is 0 Å². The van der Waals surface area contributed by atoms with Crippen molar-refractivity contribution in [1.29, 1.82) is 0 Å². The maximum Gasteiger partial charge on any atom is -0.00110 e. The summed E-state index contributed by atoms with van der Waals surface area (Å²) in [5.41, 5.74) is 0. The smallest absolute Gasteiger partial charge is 0.00110 e. The third kappa shape index (κ3) is 10.6. The molecule has 0 amide bonds. The number of thiol groups is 1. The summed E-state index contributed by atoms with van der Waals surface area (Å²) in [7, 11) is 0. The van der Waals surface area contributed by atoms with Crippen LogP contribution in [0.2, 0.25) is 0 Å². The molecule has 0 aliphatic heterocycles. The zero-order valence-electron chi connectivity index (χ0n) is 11.0. The molecule has 0 bridgehead atoms. The summed E-state index contributed by atoms with van der Waals surface area (Å²) in [5.74, 6) is 2.66. The minimum Gasteiger partial charge on any atom is -0.303 e. The fraction of sp³-hybridized carbons (Fsp3) is 1.00. The number of hydrogen-bond acceptors (Lipinski definition) is 2. The van der Waals surface area contributed by atoms with Crippen LogP contribution in [0.15, 0.2) is 0 Å². The van der Waals surface area contributed by atoms with Gasteiger partial charge in [-0.1, -0.05) is 27.7 Å². The first-order valence-electron chi connectivity index (χ1n) is 6.39. The Labute approximate surface area is 102 Å². The van der Waals surface area contributed by atoms with E-state index in [0.717, 1.165) is 17.6 Å². The van der Waals surface area contributed by atoms with E-state index in [2.05, 4.69) is 45.2 Å². The number of hydrogen-bond donors (Lipinski definition) is 1. The Bertz CT molecular complexity index is 122. The van der Waals surface area contributed by atoms with Crippen LogP contribution in [-0.4, -0.2) is 30.3 Å². The van der Waals surface area contributed by atoms with Crippen LogP contribution in [0.1, 0.15) is 47.0 Å². The molecule has 2 heteroatoms. The zero-order chi connectivity index (χ0) is 11.7. The van der Waals surface area contributed by atoms with Gasteiger partial charge in [0.25, 0.3) is 0 Å². The van der Waals surface area contributed by atoms with Crippen LogP contribution in [0.5, 0.6) is 0 Å². The summed E-state index contributed by atoms with van der Waals surface area (Å²) in [6.45, 7) is 13.0. The Morgan fingerprint density at radius 2 is 1.33 bits per heavy atom. The van der Waals surface area contributed by atoms with Gasteiger partial charge in [0.15, 0.2) is 0 Å². The topological polar surface area (TPSA) is 3.24 Å². The van der Waals surface area contributed by atoms with Crippen molar-refractivity contribution in [1.82, 2.24) is 4.90 Å². The summed E-state index contributed by atoms with van der Waals surface area (Å²) in [6, 6.07) is 0. The largest absolute Gasteiger partial charge is 0.303 e. The number of rotatable bonds is 9. The molecule has 0 N–H and O–H groups in total. The molecule has 0 aromatic rings. The Balaban J connectivity index is 3.73. The molecule has 0 radical (unpaired) electrons. The molecule has 92 valence electrons. The van der Waals surface area contributed by atoms with Crippen LogP contribution in [0.25, 0.3) is 0 Å². The van der Waals surface area contributed by atoms with E-state index < -0.39 is 0 Å². The van der Waals surface area contributed by atoms with Gasteiger partial charge in [0, 0.05) is 0 Å². The van der Waals surface area contributed by atoms with E-state index in [9.17, 15) is 0 Å². The molecular formula is C13H29NS. The monoisotopic (exact) mass is 231 g/mol. The summed E-state index contributed by atoms with van der Waals surface area (Å²) >= 11 is 4.29. The predicted octanol–water partition coefficient (Wildman–Crippen LogP) is 3.70. The van der Waals surface area contributed by atoms with Crippen LogP contribution < -0.4 is 0 Å². The van der Waals surface area contributed by atoms with Crippen molar-refractivity contribution >= 4 is 12.6 Å². The van der Waals surface area contributed by atoms with Gasteiger partial charge in [0.2, 0.25) is 0 Å². The van der Waals surface area contributed by atoms with E-state index in [1.807, 2.05) is 0 Å². The lowest BCUT2D eigenvalue weighted by Gasteiger charge is -2.23. The lowest BCUT2D eigenvalue weighted by atomic mass is 10.1. The molecule has 0 fully saturated rings. The first kappa shape index (κ1) is 15.3. The molecule has 0 unspecified atom stereocenters. The van der Waals surface area contributed by atoms with Crippen LogP contribution in [-0.2, 0) is 0 Å². The Morgan fingerprint density at radius 3 is 1.67 bits per heavy atom. The lowest BCUT2D eigenvalue weighted by molar-refractivity contribution is 0.244. The molecule has 0 saturated carbocycles. The summed E-state index contributed by atoms with van der Waals surface area (Å²) < 4.78 is 0. The van der Waals surface area contributed by atoms with Crippen molar-refractivity contribution in [3.63, 3.8) is 0 Å². The van der Waals surface area contributed by atoms with Crippen LogP contribution in [0.3, 0.4) is 0 Å². The van der Waals surface area contributed by atoms with E-state index >= 15 is 0 Å². The van der Waals surface area contributed by atoms with Gasteiger partial charge in [-0.2, -0.15) is 12.6 Å². The number of nitrogens with zero attached hydrogens (tertiary/aromatic N) is 1. The predicted molar refractivity (Wildman–Crippen MR) is 73.8 cm³/mol. The highest BCUT2D eigenvalue weighted by Gasteiger charge is 2.06. The molecule has 0 saturated heterocycles. The van der Waals surface area contributed by atoms with Crippen LogP contribution >= 0.6 is 12.6 Å². The second kappa shape index (κ2) is 9.53. The highest BCUT2D eigenvalue weighted by molar-refractivity contribution is 7.80. The molecule has 0 aliphatic carbocycles. The molecular weight excluding hydrogens is 202 g/mol. The quantitative estimate of drug-likeness (QED) is 0.592. The van der Waals surface area contributed by atoms with E-state index in [0.29, 0.717) is 0 Å². The zero-order valence-corrected chi connectivity index (χ0v) is 11.9. The third-order valence-electron chi connectivity index (χ3n) is 2.68. The SMILES string of the molecule is CC(C)CCN(CCCS)CCC(C)C. The molecule has 0 spiro atoms. The van der Waals surface area contributed by atoms with Crippen LogP contribution in [0.4, 0.5) is 0 Å². The second-order valence-electron chi connectivity index (χ2n) is 5.28. The van der Waals surface area contributed by atoms with Crippen molar-refractivity contribution < 1.29 is 0 Å². The second-order valence-corrected chi connectivity index (χ2v) is 5.73. The highest BCUT2D eigenvalue weighted by atomic mass is 32.1. The van der Waals surface area contributed by atoms with Crippen molar-refractivity contribution in [3.8, 4) is 0 Å². The van der Waals surface area contributed by atoms with Crippen LogP contribution in [0, 0.1) is 11.8 Å². The first-order valence-corrected chi connectivity index (χ1v) is 7.02. The fourth-order valence-corrected chi connectivity index (χ4v) is 1.65. The third-order valence-corrected chi connectivity index (χ3v) is 2.99. The highest BCUT2D eigenvalue weighted by Crippen LogP contribution is 2.07. The van der Waals surface area contributed by atoms with Gasteiger partial charge >= 0.3 is 0 Å². The molecule has 0 aromatic carbocycles. The van der Waals surface area contributed by atoms with Gasteiger partial charge in [-0.25, -0.2) is 0 Å². The first-order chi connectivity index (χ1) is 7.06. The average molecular weight is 231 g/mol. The minimum absolute atomic E-state index is 0.822. The maximum absolute atomic E-state index is 4.29. The average Bonchev–Trinajstić information content (AvgIpc) is 2.16. The van der Waals surface area contributed by atoms with Crippen molar-refractivity contribution in [2.75, 3.05) is 25.4 Å². The van der Waals surface area contributed by atoms with Crippen molar-refractivity contribution in [3.05, 3.63) is 0 Å². The Kier molecular flexibility index (Phi) is 9.73.